The van der Waals surface area contributed by atoms with Crippen LogP contribution in [0.25, 0.3) is 0 Å². The lowest BCUT2D eigenvalue weighted by Crippen LogP contribution is -2.25. The molecular formula is C13H13BrFN5O3S2. The van der Waals surface area contributed by atoms with Crippen LogP contribution in [0.4, 0.5) is 14.9 Å². The number of aromatic nitrogens is 2. The summed E-state index contributed by atoms with van der Waals surface area (Å²) in [6, 6.07) is 4.28. The molecule has 0 aliphatic heterocycles. The molecule has 1 amide bonds. The third kappa shape index (κ3) is 5.54. The molecule has 3 N–H and O–H groups in total. The van der Waals surface area contributed by atoms with Crippen LogP contribution in [0.1, 0.15) is 5.69 Å². The van der Waals surface area contributed by atoms with Gasteiger partial charge in [0.2, 0.25) is 0 Å². The predicted molar refractivity (Wildman–Crippen MR) is 97.1 cm³/mol. The molecule has 0 saturated carbocycles. The summed E-state index contributed by atoms with van der Waals surface area (Å²) in [6.45, 7) is 0.373. The minimum absolute atomic E-state index is 0.0793. The van der Waals surface area contributed by atoms with Crippen LogP contribution >= 0.6 is 39.4 Å². The molecule has 12 heteroatoms. The predicted octanol–water partition coefficient (Wildman–Crippen LogP) is 3.14. The summed E-state index contributed by atoms with van der Waals surface area (Å²) in [5, 5.41) is 18.4. The van der Waals surface area contributed by atoms with Crippen molar-refractivity contribution >= 4 is 57.0 Å². The Morgan fingerprint density at radius 2 is 2.32 bits per heavy atom. The summed E-state index contributed by atoms with van der Waals surface area (Å²) in [5.74, 6) is 0.197. The van der Waals surface area contributed by atoms with E-state index in [-0.39, 0.29) is 10.3 Å². The highest BCUT2D eigenvalue weighted by Gasteiger charge is 2.17. The number of halogens is 2. The number of hydrogen-bond acceptors (Lipinski definition) is 8. The third-order valence-corrected chi connectivity index (χ3v) is 4.98. The number of alkyl carbamates (subject to hydrolysis) is 1. The van der Waals surface area contributed by atoms with Crippen molar-refractivity contribution in [3.05, 3.63) is 34.2 Å². The maximum absolute atomic E-state index is 13.3. The molecule has 1 heterocycles. The van der Waals surface area contributed by atoms with E-state index >= 15 is 0 Å². The Bertz CT molecular complexity index is 774. The Labute approximate surface area is 159 Å². The highest BCUT2D eigenvalue weighted by Crippen LogP contribution is 2.24. The Morgan fingerprint density at radius 1 is 1.52 bits per heavy atom. The average molecular weight is 450 g/mol. The van der Waals surface area contributed by atoms with E-state index in [9.17, 15) is 14.4 Å². The number of ether oxygens (including phenoxy) is 1. The fourth-order valence-corrected chi connectivity index (χ4v) is 3.51. The number of amidine groups is 1. The van der Waals surface area contributed by atoms with Crippen LogP contribution in [0, 0.1) is 5.82 Å². The van der Waals surface area contributed by atoms with Crippen molar-refractivity contribution in [1.29, 1.82) is 0 Å². The van der Waals surface area contributed by atoms with E-state index in [0.29, 0.717) is 28.7 Å². The standard InChI is InChI=1S/C13H13BrFN5O3S2/c1-23-13(21)16-4-5-24-12-10(19-25-20-12)11(18-22)17-7-2-3-9(15)8(14)6-7/h2-3,6,22H,4-5H2,1H3,(H,16,21)(H,17,18). The molecule has 0 unspecified atom stereocenters. The maximum atomic E-state index is 13.3. The van der Waals surface area contributed by atoms with Gasteiger partial charge in [0.1, 0.15) is 10.8 Å². The maximum Gasteiger partial charge on any atom is 0.406 e. The molecule has 0 radical (unpaired) electrons. The number of thioether (sulfide) groups is 1. The number of hydrogen-bond donors (Lipinski definition) is 3. The second-order valence-corrected chi connectivity index (χ2v) is 6.85. The summed E-state index contributed by atoms with van der Waals surface area (Å²) in [4.78, 5) is 11.0. The van der Waals surface area contributed by atoms with Gasteiger partial charge in [0.15, 0.2) is 11.5 Å². The molecule has 0 aliphatic carbocycles. The molecule has 134 valence electrons. The molecule has 0 atom stereocenters. The molecule has 2 rings (SSSR count). The van der Waals surface area contributed by atoms with Crippen LogP contribution in [-0.4, -0.2) is 45.3 Å². The number of carbonyl (C=O) groups excluding carboxylic acids is 1. The molecular weight excluding hydrogens is 437 g/mol. The zero-order valence-electron chi connectivity index (χ0n) is 12.8. The number of nitrogens with one attached hydrogen (secondary N) is 2. The van der Waals surface area contributed by atoms with Gasteiger partial charge in [-0.3, -0.25) is 0 Å². The number of carbonyl (C=O) groups is 1. The quantitative estimate of drug-likeness (QED) is 0.155. The number of amides is 1. The Balaban J connectivity index is 2.02. The van der Waals surface area contributed by atoms with Gasteiger partial charge in [0, 0.05) is 18.0 Å². The third-order valence-electron chi connectivity index (χ3n) is 2.76. The molecule has 1 aromatic carbocycles. The fraction of sp³-hybridized carbons (Fsp3) is 0.231. The SMILES string of the molecule is COC(=O)NCCSc1nsnc1/C(=N/O)Nc1ccc(F)c(Br)c1. The summed E-state index contributed by atoms with van der Waals surface area (Å²) >= 11 is 5.38. The summed E-state index contributed by atoms with van der Waals surface area (Å²) in [5.41, 5.74) is 0.869. The zero-order valence-corrected chi connectivity index (χ0v) is 16.0. The highest BCUT2D eigenvalue weighted by atomic mass is 79.9. The number of benzene rings is 1. The van der Waals surface area contributed by atoms with Crippen LogP contribution in [0.2, 0.25) is 0 Å². The number of rotatable bonds is 6. The summed E-state index contributed by atoms with van der Waals surface area (Å²) in [6.07, 6.45) is -0.515. The van der Waals surface area contributed by atoms with E-state index in [0.717, 1.165) is 11.7 Å². The van der Waals surface area contributed by atoms with Crippen LogP contribution in [0.5, 0.6) is 0 Å². The topological polar surface area (TPSA) is 109 Å². The van der Waals surface area contributed by atoms with Crippen LogP contribution in [0.15, 0.2) is 32.9 Å². The Kier molecular flexibility index (Phi) is 7.40. The lowest BCUT2D eigenvalue weighted by atomic mass is 10.3. The zero-order chi connectivity index (χ0) is 18.2. The van der Waals surface area contributed by atoms with Gasteiger partial charge in [-0.25, -0.2) is 9.18 Å². The average Bonchev–Trinajstić information content (AvgIpc) is 3.07. The van der Waals surface area contributed by atoms with Crippen molar-refractivity contribution in [1.82, 2.24) is 14.1 Å². The van der Waals surface area contributed by atoms with Crippen molar-refractivity contribution in [2.24, 2.45) is 5.16 Å². The van der Waals surface area contributed by atoms with E-state index in [4.69, 9.17) is 0 Å². The van der Waals surface area contributed by atoms with Gasteiger partial charge in [-0.05, 0) is 34.1 Å². The van der Waals surface area contributed by atoms with Crippen molar-refractivity contribution in [2.45, 2.75) is 5.03 Å². The molecule has 0 aliphatic rings. The van der Waals surface area contributed by atoms with E-state index in [1.165, 1.54) is 37.1 Å². The molecule has 2 aromatic rings. The Morgan fingerprint density at radius 3 is 3.00 bits per heavy atom. The first-order valence-corrected chi connectivity index (χ1v) is 9.27. The van der Waals surface area contributed by atoms with Crippen molar-refractivity contribution in [2.75, 3.05) is 24.7 Å². The molecule has 0 spiro atoms. The first-order valence-electron chi connectivity index (χ1n) is 6.76. The number of methoxy groups -OCH3 is 1. The molecule has 8 nitrogen and oxygen atoms in total. The van der Waals surface area contributed by atoms with Crippen molar-refractivity contribution in [3.8, 4) is 0 Å². The van der Waals surface area contributed by atoms with Gasteiger partial charge < -0.3 is 20.6 Å². The van der Waals surface area contributed by atoms with E-state index in [2.05, 4.69) is 45.2 Å². The minimum atomic E-state index is -0.515. The molecule has 0 saturated heterocycles. The lowest BCUT2D eigenvalue weighted by molar-refractivity contribution is 0.172. The fourth-order valence-electron chi connectivity index (χ4n) is 1.63. The van der Waals surface area contributed by atoms with Gasteiger partial charge in [-0.1, -0.05) is 5.16 Å². The van der Waals surface area contributed by atoms with Gasteiger partial charge in [0.25, 0.3) is 0 Å². The van der Waals surface area contributed by atoms with Gasteiger partial charge in [-0.15, -0.1) is 11.8 Å². The van der Waals surface area contributed by atoms with Gasteiger partial charge >= 0.3 is 6.09 Å². The monoisotopic (exact) mass is 449 g/mol. The number of anilines is 1. The number of oxime groups is 1. The van der Waals surface area contributed by atoms with Crippen LogP contribution in [0.3, 0.4) is 0 Å². The summed E-state index contributed by atoms with van der Waals surface area (Å²) in [7, 11) is 1.29. The van der Waals surface area contributed by atoms with E-state index < -0.39 is 11.9 Å². The molecule has 0 fully saturated rings. The lowest BCUT2D eigenvalue weighted by Gasteiger charge is -2.08. The normalized spacial score (nSPS) is 11.2. The largest absolute Gasteiger partial charge is 0.453 e. The first kappa shape index (κ1) is 19.4. The van der Waals surface area contributed by atoms with Crippen LogP contribution < -0.4 is 10.6 Å². The molecule has 25 heavy (non-hydrogen) atoms. The van der Waals surface area contributed by atoms with Crippen LogP contribution in [-0.2, 0) is 4.74 Å². The van der Waals surface area contributed by atoms with Gasteiger partial charge in [0.05, 0.1) is 23.3 Å². The number of nitrogens with zero attached hydrogens (tertiary/aromatic N) is 3. The van der Waals surface area contributed by atoms with E-state index in [1.807, 2.05) is 0 Å². The summed E-state index contributed by atoms with van der Waals surface area (Å²) < 4.78 is 26.3. The smallest absolute Gasteiger partial charge is 0.406 e. The highest BCUT2D eigenvalue weighted by molar-refractivity contribution is 9.10. The van der Waals surface area contributed by atoms with Crippen molar-refractivity contribution in [3.63, 3.8) is 0 Å². The second-order valence-electron chi connectivity index (χ2n) is 4.39. The molecule has 0 bridgehead atoms. The van der Waals surface area contributed by atoms with Gasteiger partial charge in [-0.2, -0.15) is 8.75 Å². The first-order chi connectivity index (χ1) is 12.0. The molecule has 1 aromatic heterocycles. The van der Waals surface area contributed by atoms with E-state index in [1.54, 1.807) is 0 Å². The van der Waals surface area contributed by atoms with Crippen molar-refractivity contribution < 1.29 is 19.1 Å². The second kappa shape index (κ2) is 9.53. The Hall–Kier alpha value is -1.92. The minimum Gasteiger partial charge on any atom is -0.453 e.